The maximum atomic E-state index is 3.53. The van der Waals surface area contributed by atoms with Gasteiger partial charge in [-0.1, -0.05) is 34.1 Å². The summed E-state index contributed by atoms with van der Waals surface area (Å²) in [7, 11) is 0. The molecule has 2 aromatic rings. The molecule has 1 aliphatic rings. The third kappa shape index (κ3) is 3.31. The van der Waals surface area contributed by atoms with E-state index in [1.54, 1.807) is 0 Å². The average Bonchev–Trinajstić information content (AvgIpc) is 2.85. The summed E-state index contributed by atoms with van der Waals surface area (Å²) in [6.45, 7) is 4.48. The van der Waals surface area contributed by atoms with Crippen LogP contribution in [0.5, 0.6) is 0 Å². The molecule has 106 valence electrons. The van der Waals surface area contributed by atoms with Crippen LogP contribution in [0, 0.1) is 0 Å². The maximum absolute atomic E-state index is 3.53. The topological polar surface area (TPSA) is 15.3 Å². The third-order valence-electron chi connectivity index (χ3n) is 3.74. The van der Waals surface area contributed by atoms with Crippen molar-refractivity contribution in [2.45, 2.75) is 12.5 Å². The highest BCUT2D eigenvalue weighted by Gasteiger charge is 2.23. The van der Waals surface area contributed by atoms with Crippen LogP contribution in [-0.4, -0.2) is 31.1 Å². The standard InChI is InChI=1S/C16H19BrN2S/c17-14-6-4-13(5-7-14)16(15-3-1-12-20-15)19-10-2-8-18-9-11-19/h1,3-7,12,16,18H,2,8-11H2. The van der Waals surface area contributed by atoms with E-state index in [-0.39, 0.29) is 0 Å². The molecule has 1 atom stereocenters. The first-order valence-corrected chi connectivity index (χ1v) is 8.75. The molecule has 20 heavy (non-hydrogen) atoms. The molecule has 4 heteroatoms. The van der Waals surface area contributed by atoms with Crippen LogP contribution in [0.25, 0.3) is 0 Å². The van der Waals surface area contributed by atoms with Crippen LogP contribution in [0.3, 0.4) is 0 Å². The maximum Gasteiger partial charge on any atom is 0.0696 e. The van der Waals surface area contributed by atoms with Gasteiger partial charge in [0.2, 0.25) is 0 Å². The largest absolute Gasteiger partial charge is 0.315 e. The van der Waals surface area contributed by atoms with Crippen molar-refractivity contribution < 1.29 is 0 Å². The molecule has 0 radical (unpaired) electrons. The van der Waals surface area contributed by atoms with E-state index in [2.05, 4.69) is 67.9 Å². The second-order valence-electron chi connectivity index (χ2n) is 5.11. The molecule has 1 fully saturated rings. The zero-order chi connectivity index (χ0) is 13.8. The lowest BCUT2D eigenvalue weighted by Gasteiger charge is -2.30. The van der Waals surface area contributed by atoms with E-state index in [0.29, 0.717) is 6.04 Å². The van der Waals surface area contributed by atoms with Gasteiger partial charge in [0.1, 0.15) is 0 Å². The monoisotopic (exact) mass is 350 g/mol. The number of rotatable bonds is 3. The highest BCUT2D eigenvalue weighted by molar-refractivity contribution is 9.10. The molecule has 0 amide bonds. The fraction of sp³-hybridized carbons (Fsp3) is 0.375. The van der Waals surface area contributed by atoms with Gasteiger partial charge >= 0.3 is 0 Å². The second-order valence-corrected chi connectivity index (χ2v) is 7.00. The molecule has 1 aromatic heterocycles. The van der Waals surface area contributed by atoms with Crippen molar-refractivity contribution >= 4 is 27.3 Å². The minimum atomic E-state index is 0.392. The van der Waals surface area contributed by atoms with Crippen molar-refractivity contribution in [3.63, 3.8) is 0 Å². The third-order valence-corrected chi connectivity index (χ3v) is 5.19. The number of nitrogens with one attached hydrogen (secondary N) is 1. The molecule has 0 spiro atoms. The minimum absolute atomic E-state index is 0.392. The molecule has 3 rings (SSSR count). The normalized spacial score (nSPS) is 18.6. The first kappa shape index (κ1) is 14.3. The van der Waals surface area contributed by atoms with Gasteiger partial charge in [-0.2, -0.15) is 0 Å². The van der Waals surface area contributed by atoms with Crippen molar-refractivity contribution in [2.75, 3.05) is 26.2 Å². The number of hydrogen-bond donors (Lipinski definition) is 1. The first-order valence-electron chi connectivity index (χ1n) is 7.08. The molecule has 1 unspecified atom stereocenters. The molecule has 0 saturated carbocycles. The Kier molecular flexibility index (Phi) is 4.89. The van der Waals surface area contributed by atoms with Crippen molar-refractivity contribution in [3.8, 4) is 0 Å². The molecule has 1 aromatic carbocycles. The van der Waals surface area contributed by atoms with E-state index in [0.717, 1.165) is 30.7 Å². The van der Waals surface area contributed by atoms with Gasteiger partial charge in [-0.05, 0) is 42.1 Å². The number of benzene rings is 1. The van der Waals surface area contributed by atoms with Gasteiger partial charge in [-0.3, -0.25) is 4.90 Å². The summed E-state index contributed by atoms with van der Waals surface area (Å²) >= 11 is 5.39. The van der Waals surface area contributed by atoms with Crippen LogP contribution in [0.2, 0.25) is 0 Å². The molecule has 1 aliphatic heterocycles. The van der Waals surface area contributed by atoms with E-state index in [1.165, 1.54) is 16.9 Å². The SMILES string of the molecule is Brc1ccc(C(c2cccs2)N2CCCNCC2)cc1. The Morgan fingerprint density at radius 3 is 2.70 bits per heavy atom. The summed E-state index contributed by atoms with van der Waals surface area (Å²) in [4.78, 5) is 4.05. The summed E-state index contributed by atoms with van der Waals surface area (Å²) in [5.41, 5.74) is 1.39. The number of thiophene rings is 1. The Bertz CT molecular complexity index is 516. The second kappa shape index (κ2) is 6.85. The Balaban J connectivity index is 1.93. The van der Waals surface area contributed by atoms with Crippen LogP contribution in [0.4, 0.5) is 0 Å². The Morgan fingerprint density at radius 1 is 1.10 bits per heavy atom. The zero-order valence-electron chi connectivity index (χ0n) is 11.4. The molecule has 2 nitrogen and oxygen atoms in total. The highest BCUT2D eigenvalue weighted by atomic mass is 79.9. The van der Waals surface area contributed by atoms with Crippen LogP contribution in [-0.2, 0) is 0 Å². The lowest BCUT2D eigenvalue weighted by atomic mass is 10.0. The predicted octanol–water partition coefficient (Wildman–Crippen LogP) is 3.90. The molecular formula is C16H19BrN2S. The van der Waals surface area contributed by atoms with Gasteiger partial charge in [-0.15, -0.1) is 11.3 Å². The Morgan fingerprint density at radius 2 is 1.95 bits per heavy atom. The predicted molar refractivity (Wildman–Crippen MR) is 89.4 cm³/mol. The van der Waals surface area contributed by atoms with Crippen LogP contribution in [0.1, 0.15) is 22.9 Å². The van der Waals surface area contributed by atoms with E-state index < -0.39 is 0 Å². The lowest BCUT2D eigenvalue weighted by molar-refractivity contribution is 0.244. The van der Waals surface area contributed by atoms with Crippen molar-refractivity contribution in [1.82, 2.24) is 10.2 Å². The van der Waals surface area contributed by atoms with E-state index in [4.69, 9.17) is 0 Å². The summed E-state index contributed by atoms with van der Waals surface area (Å²) < 4.78 is 1.14. The molecule has 2 heterocycles. The van der Waals surface area contributed by atoms with Gasteiger partial charge in [0.25, 0.3) is 0 Å². The summed E-state index contributed by atoms with van der Waals surface area (Å²) in [6, 6.07) is 13.6. The average molecular weight is 351 g/mol. The summed E-state index contributed by atoms with van der Waals surface area (Å²) in [5.74, 6) is 0. The summed E-state index contributed by atoms with van der Waals surface area (Å²) in [5, 5.41) is 5.67. The number of halogens is 1. The van der Waals surface area contributed by atoms with Gasteiger partial charge in [0, 0.05) is 29.0 Å². The first-order chi connectivity index (χ1) is 9.84. The Hall–Kier alpha value is -0.680. The lowest BCUT2D eigenvalue weighted by Crippen LogP contribution is -2.32. The molecule has 1 saturated heterocycles. The van der Waals surface area contributed by atoms with Crippen molar-refractivity contribution in [3.05, 3.63) is 56.7 Å². The number of hydrogen-bond acceptors (Lipinski definition) is 3. The van der Waals surface area contributed by atoms with E-state index in [9.17, 15) is 0 Å². The van der Waals surface area contributed by atoms with E-state index in [1.807, 2.05) is 11.3 Å². The zero-order valence-corrected chi connectivity index (χ0v) is 13.8. The van der Waals surface area contributed by atoms with Crippen molar-refractivity contribution in [2.24, 2.45) is 0 Å². The molecular weight excluding hydrogens is 332 g/mol. The van der Waals surface area contributed by atoms with Crippen molar-refractivity contribution in [1.29, 1.82) is 0 Å². The van der Waals surface area contributed by atoms with Gasteiger partial charge in [0.05, 0.1) is 6.04 Å². The Labute approximate surface area is 132 Å². The fourth-order valence-corrected chi connectivity index (χ4v) is 3.92. The van der Waals surface area contributed by atoms with Crippen LogP contribution < -0.4 is 5.32 Å². The van der Waals surface area contributed by atoms with Crippen LogP contribution in [0.15, 0.2) is 46.3 Å². The number of nitrogens with zero attached hydrogens (tertiary/aromatic N) is 1. The smallest absolute Gasteiger partial charge is 0.0696 e. The fourth-order valence-electron chi connectivity index (χ4n) is 2.77. The molecule has 0 aliphatic carbocycles. The van der Waals surface area contributed by atoms with Gasteiger partial charge < -0.3 is 5.32 Å². The summed E-state index contributed by atoms with van der Waals surface area (Å²) in [6.07, 6.45) is 1.22. The quantitative estimate of drug-likeness (QED) is 0.902. The van der Waals surface area contributed by atoms with E-state index >= 15 is 0 Å². The van der Waals surface area contributed by atoms with Gasteiger partial charge in [-0.25, -0.2) is 0 Å². The molecule has 1 N–H and O–H groups in total. The highest BCUT2D eigenvalue weighted by Crippen LogP contribution is 2.32. The van der Waals surface area contributed by atoms with Gasteiger partial charge in [0.15, 0.2) is 0 Å². The van der Waals surface area contributed by atoms with Crippen LogP contribution >= 0.6 is 27.3 Å². The molecule has 0 bridgehead atoms. The minimum Gasteiger partial charge on any atom is -0.315 e.